The molecule has 1 fully saturated rings. The monoisotopic (exact) mass is 412 g/mol. The van der Waals surface area contributed by atoms with E-state index in [-0.39, 0.29) is 11.4 Å². The number of hydrogen-bond donors (Lipinski definition) is 2. The Morgan fingerprint density at radius 3 is 2.77 bits per heavy atom. The summed E-state index contributed by atoms with van der Waals surface area (Å²) in [4.78, 5) is 11.0. The Balaban J connectivity index is 1.59. The lowest BCUT2D eigenvalue weighted by Crippen LogP contribution is -2.38. The number of aromatic nitrogens is 2. The van der Waals surface area contributed by atoms with Crippen molar-refractivity contribution in [2.75, 3.05) is 38.7 Å². The summed E-state index contributed by atoms with van der Waals surface area (Å²) in [7, 11) is 1.57. The summed E-state index contributed by atoms with van der Waals surface area (Å²) in [6.07, 6.45) is 3.62. The van der Waals surface area contributed by atoms with E-state index < -0.39 is 5.82 Å². The molecule has 2 heterocycles. The molecule has 0 aliphatic carbocycles. The fourth-order valence-corrected chi connectivity index (χ4v) is 3.45. The summed E-state index contributed by atoms with van der Waals surface area (Å²) < 4.78 is 25.8. The number of fused-ring (bicyclic) bond motifs is 1. The number of phenolic OH excluding ortho intramolecular Hbond substituents is 1. The quantitative estimate of drug-likeness (QED) is 0.541. The third-order valence-corrected chi connectivity index (χ3v) is 5.37. The lowest BCUT2D eigenvalue weighted by Gasteiger charge is -2.30. The third kappa shape index (κ3) is 4.09. The van der Waals surface area contributed by atoms with Crippen molar-refractivity contribution in [3.8, 4) is 17.2 Å². The van der Waals surface area contributed by atoms with E-state index in [9.17, 15) is 9.50 Å². The summed E-state index contributed by atoms with van der Waals surface area (Å²) in [6.45, 7) is 5.59. The van der Waals surface area contributed by atoms with Crippen LogP contribution < -0.4 is 14.8 Å². The number of hydrogen-bond acceptors (Lipinski definition) is 7. The topological polar surface area (TPSA) is 79.7 Å². The Bertz CT molecular complexity index is 1060. The maximum absolute atomic E-state index is 14.3. The van der Waals surface area contributed by atoms with Crippen LogP contribution in [0.1, 0.15) is 18.4 Å². The van der Waals surface area contributed by atoms with Gasteiger partial charge in [0.1, 0.15) is 23.7 Å². The van der Waals surface area contributed by atoms with Gasteiger partial charge in [0.2, 0.25) is 0 Å². The number of phenols is 1. The second-order valence-corrected chi connectivity index (χ2v) is 7.33. The molecule has 3 aromatic rings. The number of nitrogens with zero attached hydrogens (tertiary/aromatic N) is 3. The minimum absolute atomic E-state index is 0.00348. The average molecular weight is 412 g/mol. The van der Waals surface area contributed by atoms with E-state index in [2.05, 4.69) is 20.2 Å². The maximum atomic E-state index is 14.3. The van der Waals surface area contributed by atoms with E-state index in [0.717, 1.165) is 13.0 Å². The van der Waals surface area contributed by atoms with E-state index >= 15 is 0 Å². The van der Waals surface area contributed by atoms with E-state index in [1.54, 1.807) is 26.2 Å². The van der Waals surface area contributed by atoms with Crippen molar-refractivity contribution in [3.05, 3.63) is 42.0 Å². The zero-order valence-corrected chi connectivity index (χ0v) is 17.1. The van der Waals surface area contributed by atoms with Gasteiger partial charge in [-0.25, -0.2) is 14.4 Å². The minimum Gasteiger partial charge on any atom is -0.508 e. The number of rotatable bonds is 8. The van der Waals surface area contributed by atoms with Gasteiger partial charge in [-0.2, -0.15) is 0 Å². The van der Waals surface area contributed by atoms with Crippen LogP contribution in [0.15, 0.2) is 30.6 Å². The molecule has 0 radical (unpaired) electrons. The van der Waals surface area contributed by atoms with E-state index in [1.807, 2.05) is 0 Å². The molecule has 158 valence electrons. The molecule has 1 aromatic heterocycles. The molecule has 0 atom stereocenters. The van der Waals surface area contributed by atoms with Gasteiger partial charge < -0.3 is 24.8 Å². The zero-order valence-electron chi connectivity index (χ0n) is 17.1. The number of methoxy groups -OCH3 is 1. The van der Waals surface area contributed by atoms with Gasteiger partial charge in [0.15, 0.2) is 11.5 Å². The van der Waals surface area contributed by atoms with E-state index in [1.165, 1.54) is 38.0 Å². The maximum Gasteiger partial charge on any atom is 0.163 e. The molecule has 2 N–H and O–H groups in total. The number of anilines is 2. The molecule has 30 heavy (non-hydrogen) atoms. The SMILES string of the molecule is COc1cc2c(Nc3c(F)ccc(O)c3C)ncnc2cc1OCCCN1CCC1. The Morgan fingerprint density at radius 1 is 1.20 bits per heavy atom. The highest BCUT2D eigenvalue weighted by molar-refractivity contribution is 5.93. The van der Waals surface area contributed by atoms with Crippen LogP contribution in [0.4, 0.5) is 15.9 Å². The highest BCUT2D eigenvalue weighted by Crippen LogP contribution is 2.36. The number of nitrogens with one attached hydrogen (secondary N) is 1. The van der Waals surface area contributed by atoms with Crippen LogP contribution in [0.5, 0.6) is 17.2 Å². The molecule has 0 unspecified atom stereocenters. The molecule has 0 amide bonds. The number of aromatic hydroxyl groups is 1. The van der Waals surface area contributed by atoms with Gasteiger partial charge >= 0.3 is 0 Å². The summed E-state index contributed by atoms with van der Waals surface area (Å²) >= 11 is 0. The summed E-state index contributed by atoms with van der Waals surface area (Å²) in [6, 6.07) is 6.11. The van der Waals surface area contributed by atoms with Crippen LogP contribution in [0.2, 0.25) is 0 Å². The van der Waals surface area contributed by atoms with Gasteiger partial charge in [-0.15, -0.1) is 0 Å². The second-order valence-electron chi connectivity index (χ2n) is 7.33. The van der Waals surface area contributed by atoms with Crippen molar-refractivity contribution in [1.82, 2.24) is 14.9 Å². The fraction of sp³-hybridized carbons (Fsp3) is 0.364. The molecule has 1 aliphatic heterocycles. The van der Waals surface area contributed by atoms with E-state index in [0.29, 0.717) is 40.4 Å². The van der Waals surface area contributed by atoms with Crippen molar-refractivity contribution in [2.45, 2.75) is 19.8 Å². The van der Waals surface area contributed by atoms with E-state index in [4.69, 9.17) is 9.47 Å². The number of halogens is 1. The first-order valence-electron chi connectivity index (χ1n) is 10.00. The first kappa shape index (κ1) is 20.2. The van der Waals surface area contributed by atoms with Crippen LogP contribution in [0, 0.1) is 12.7 Å². The Kier molecular flexibility index (Phi) is 5.85. The molecule has 1 saturated heterocycles. The van der Waals surface area contributed by atoms with Crippen LogP contribution in [-0.4, -0.2) is 53.3 Å². The van der Waals surface area contributed by atoms with Crippen molar-refractivity contribution in [3.63, 3.8) is 0 Å². The predicted molar refractivity (Wildman–Crippen MR) is 113 cm³/mol. The molecule has 2 aromatic carbocycles. The van der Waals surface area contributed by atoms with Crippen molar-refractivity contribution in [1.29, 1.82) is 0 Å². The molecule has 7 nitrogen and oxygen atoms in total. The van der Waals surface area contributed by atoms with Crippen molar-refractivity contribution >= 4 is 22.4 Å². The third-order valence-electron chi connectivity index (χ3n) is 5.37. The number of ether oxygens (including phenoxy) is 2. The molecule has 1 aliphatic rings. The highest BCUT2D eigenvalue weighted by atomic mass is 19.1. The molecular formula is C22H25FN4O3. The fourth-order valence-electron chi connectivity index (χ4n) is 3.45. The smallest absolute Gasteiger partial charge is 0.163 e. The molecule has 8 heteroatoms. The average Bonchev–Trinajstić information content (AvgIpc) is 2.72. The predicted octanol–water partition coefficient (Wildman–Crippen LogP) is 4.01. The Morgan fingerprint density at radius 2 is 2.03 bits per heavy atom. The Hall–Kier alpha value is -3.13. The van der Waals surface area contributed by atoms with Gasteiger partial charge in [0, 0.05) is 23.6 Å². The molecular weight excluding hydrogens is 387 g/mol. The molecule has 0 spiro atoms. The van der Waals surface area contributed by atoms with Crippen LogP contribution in [0.25, 0.3) is 10.9 Å². The lowest BCUT2D eigenvalue weighted by atomic mass is 10.1. The Labute approximate surface area is 174 Å². The zero-order chi connectivity index (χ0) is 21.1. The molecule has 0 bridgehead atoms. The standard InChI is InChI=1S/C22H25FN4O3/c1-14-18(28)6-5-16(23)21(14)26-22-15-11-19(29-2)20(12-17(15)24-13-25-22)30-10-4-9-27-7-3-8-27/h5-6,11-13,28H,3-4,7-10H2,1-2H3,(H,24,25,26). The number of likely N-dealkylation sites (tertiary alicyclic amines) is 1. The van der Waals surface area contributed by atoms with Crippen LogP contribution in [-0.2, 0) is 0 Å². The van der Waals surface area contributed by atoms with Gasteiger partial charge in [0.05, 0.1) is 24.9 Å². The first-order chi connectivity index (χ1) is 14.6. The molecule has 0 saturated carbocycles. The molecule has 4 rings (SSSR count). The van der Waals surface area contributed by atoms with Gasteiger partial charge in [-0.05, 0) is 51.1 Å². The summed E-state index contributed by atoms with van der Waals surface area (Å²) in [5.41, 5.74) is 1.21. The van der Waals surface area contributed by atoms with Crippen LogP contribution in [0.3, 0.4) is 0 Å². The minimum atomic E-state index is -0.480. The van der Waals surface area contributed by atoms with Gasteiger partial charge in [-0.1, -0.05) is 0 Å². The van der Waals surface area contributed by atoms with Crippen molar-refractivity contribution < 1.29 is 19.0 Å². The highest BCUT2D eigenvalue weighted by Gasteiger charge is 2.16. The first-order valence-corrected chi connectivity index (χ1v) is 10.00. The van der Waals surface area contributed by atoms with Gasteiger partial charge in [0.25, 0.3) is 0 Å². The number of benzene rings is 2. The summed E-state index contributed by atoms with van der Waals surface area (Å²) in [5, 5.41) is 13.6. The van der Waals surface area contributed by atoms with Crippen LogP contribution >= 0.6 is 0 Å². The van der Waals surface area contributed by atoms with Gasteiger partial charge in [-0.3, -0.25) is 0 Å². The van der Waals surface area contributed by atoms with Crippen molar-refractivity contribution in [2.24, 2.45) is 0 Å². The lowest BCUT2D eigenvalue weighted by molar-refractivity contribution is 0.164. The summed E-state index contributed by atoms with van der Waals surface area (Å²) in [5.74, 6) is 1.10. The second kappa shape index (κ2) is 8.71. The largest absolute Gasteiger partial charge is 0.508 e. The normalized spacial score (nSPS) is 13.8.